The summed E-state index contributed by atoms with van der Waals surface area (Å²) in [4.78, 5) is 0. The molecule has 0 aliphatic carbocycles. The van der Waals surface area contributed by atoms with Crippen LogP contribution in [0, 0.1) is 0 Å². The first-order valence-electron chi connectivity index (χ1n) is 7.84. The van der Waals surface area contributed by atoms with Crippen LogP contribution in [0.15, 0.2) is 83.3 Å². The van der Waals surface area contributed by atoms with Gasteiger partial charge in [0.2, 0.25) is 0 Å². The van der Waals surface area contributed by atoms with Crippen molar-refractivity contribution in [2.45, 2.75) is 6.54 Å². The lowest BCUT2D eigenvalue weighted by Crippen LogP contribution is -1.98. The van der Waals surface area contributed by atoms with Crippen LogP contribution < -0.4 is 0 Å². The average molecular weight is 297 g/mol. The van der Waals surface area contributed by atoms with Crippen molar-refractivity contribution in [3.8, 4) is 0 Å². The van der Waals surface area contributed by atoms with Crippen molar-refractivity contribution in [3.63, 3.8) is 0 Å². The second kappa shape index (κ2) is 4.75. The van der Waals surface area contributed by atoms with Gasteiger partial charge in [-0.25, -0.2) is 0 Å². The third kappa shape index (κ3) is 1.82. The van der Waals surface area contributed by atoms with Crippen LogP contribution in [0.1, 0.15) is 5.56 Å². The Bertz CT molecular complexity index is 1130. The van der Waals surface area contributed by atoms with Crippen LogP contribution in [-0.4, -0.2) is 4.57 Å². The fraction of sp³-hybridized carbons (Fsp3) is 0.0476. The van der Waals surface area contributed by atoms with E-state index < -0.39 is 0 Å². The highest BCUT2D eigenvalue weighted by Gasteiger charge is 2.17. The summed E-state index contributed by atoms with van der Waals surface area (Å²) >= 11 is 0. The van der Waals surface area contributed by atoms with E-state index in [9.17, 15) is 0 Å². The molecule has 2 aromatic heterocycles. The molecule has 0 saturated heterocycles. The third-order valence-electron chi connectivity index (χ3n) is 4.46. The molecule has 23 heavy (non-hydrogen) atoms. The maximum atomic E-state index is 6.16. The molecule has 5 aromatic rings. The number of para-hydroxylation sites is 2. The zero-order valence-electron chi connectivity index (χ0n) is 12.6. The van der Waals surface area contributed by atoms with Crippen molar-refractivity contribution in [3.05, 3.63) is 84.4 Å². The van der Waals surface area contributed by atoms with E-state index in [4.69, 9.17) is 4.42 Å². The van der Waals surface area contributed by atoms with Crippen molar-refractivity contribution < 1.29 is 4.42 Å². The molecule has 2 heterocycles. The fourth-order valence-electron chi connectivity index (χ4n) is 3.43. The summed E-state index contributed by atoms with van der Waals surface area (Å²) in [5.41, 5.74) is 5.63. The van der Waals surface area contributed by atoms with Crippen LogP contribution in [0.3, 0.4) is 0 Å². The second-order valence-corrected chi connectivity index (χ2v) is 5.86. The first kappa shape index (κ1) is 12.5. The summed E-state index contributed by atoms with van der Waals surface area (Å²) in [6, 6.07) is 27.3. The van der Waals surface area contributed by atoms with Gasteiger partial charge in [-0.3, -0.25) is 0 Å². The number of hydrogen-bond acceptors (Lipinski definition) is 1. The van der Waals surface area contributed by atoms with E-state index in [1.54, 1.807) is 0 Å². The number of fused-ring (bicyclic) bond motifs is 5. The number of hydrogen-bond donors (Lipinski definition) is 0. The Morgan fingerprint density at radius 2 is 1.39 bits per heavy atom. The lowest BCUT2D eigenvalue weighted by molar-refractivity contribution is 0.672. The molecule has 0 aliphatic rings. The van der Waals surface area contributed by atoms with Crippen molar-refractivity contribution in [1.29, 1.82) is 0 Å². The molecule has 0 unspecified atom stereocenters. The Labute approximate surface area is 133 Å². The van der Waals surface area contributed by atoms with E-state index in [0.29, 0.717) is 0 Å². The van der Waals surface area contributed by atoms with Crippen molar-refractivity contribution in [2.75, 3.05) is 0 Å². The Morgan fingerprint density at radius 1 is 0.696 bits per heavy atom. The number of benzene rings is 3. The Hall–Kier alpha value is -3.00. The van der Waals surface area contributed by atoms with Gasteiger partial charge in [-0.1, -0.05) is 54.6 Å². The highest BCUT2D eigenvalue weighted by Crippen LogP contribution is 2.36. The van der Waals surface area contributed by atoms with Crippen molar-refractivity contribution in [1.82, 2.24) is 4.57 Å². The molecule has 3 aromatic carbocycles. The fourth-order valence-corrected chi connectivity index (χ4v) is 3.43. The highest BCUT2D eigenvalue weighted by molar-refractivity contribution is 6.15. The SMILES string of the molecule is c1ccc(Cn2c3ccccc3c3oc4ccccc4c32)cc1. The molecule has 0 aliphatic heterocycles. The maximum absolute atomic E-state index is 6.16. The van der Waals surface area contributed by atoms with Crippen LogP contribution in [0.25, 0.3) is 33.0 Å². The Morgan fingerprint density at radius 3 is 2.26 bits per heavy atom. The normalized spacial score (nSPS) is 11.7. The molecule has 0 fully saturated rings. The molecule has 0 bridgehead atoms. The quantitative estimate of drug-likeness (QED) is 0.415. The van der Waals surface area contributed by atoms with E-state index in [1.165, 1.54) is 27.4 Å². The summed E-state index contributed by atoms with van der Waals surface area (Å²) < 4.78 is 8.53. The molecule has 5 rings (SSSR count). The predicted molar refractivity (Wildman–Crippen MR) is 94.8 cm³/mol. The van der Waals surface area contributed by atoms with Crippen LogP contribution in [0.2, 0.25) is 0 Å². The second-order valence-electron chi connectivity index (χ2n) is 5.86. The molecular formula is C21H15NO. The predicted octanol–water partition coefficient (Wildman–Crippen LogP) is 5.59. The summed E-state index contributed by atoms with van der Waals surface area (Å²) in [5, 5.41) is 2.35. The topological polar surface area (TPSA) is 18.1 Å². The molecule has 0 radical (unpaired) electrons. The minimum absolute atomic E-state index is 0.842. The van der Waals surface area contributed by atoms with Crippen LogP contribution in [0.4, 0.5) is 0 Å². The first-order valence-corrected chi connectivity index (χ1v) is 7.84. The molecular weight excluding hydrogens is 282 g/mol. The molecule has 0 spiro atoms. The zero-order chi connectivity index (χ0) is 15.2. The molecule has 0 amide bonds. The van der Waals surface area contributed by atoms with Gasteiger partial charge in [0, 0.05) is 17.3 Å². The zero-order valence-corrected chi connectivity index (χ0v) is 12.6. The van der Waals surface area contributed by atoms with Gasteiger partial charge in [0.15, 0.2) is 5.58 Å². The minimum Gasteiger partial charge on any atom is -0.454 e. The van der Waals surface area contributed by atoms with Crippen molar-refractivity contribution in [2.24, 2.45) is 0 Å². The highest BCUT2D eigenvalue weighted by atomic mass is 16.3. The van der Waals surface area contributed by atoms with Crippen LogP contribution in [0.5, 0.6) is 0 Å². The van der Waals surface area contributed by atoms with Crippen LogP contribution >= 0.6 is 0 Å². The largest absolute Gasteiger partial charge is 0.454 e. The van der Waals surface area contributed by atoms with E-state index in [0.717, 1.165) is 17.7 Å². The smallest absolute Gasteiger partial charge is 0.161 e. The van der Waals surface area contributed by atoms with Gasteiger partial charge in [-0.15, -0.1) is 0 Å². The molecule has 0 saturated carbocycles. The van der Waals surface area contributed by atoms with E-state index >= 15 is 0 Å². The molecule has 0 atom stereocenters. The third-order valence-corrected chi connectivity index (χ3v) is 4.46. The summed E-state index contributed by atoms with van der Waals surface area (Å²) in [7, 11) is 0. The van der Waals surface area contributed by atoms with Gasteiger partial charge in [0.05, 0.1) is 11.0 Å². The summed E-state index contributed by atoms with van der Waals surface area (Å²) in [6.07, 6.45) is 0. The van der Waals surface area contributed by atoms with E-state index in [-0.39, 0.29) is 0 Å². The van der Waals surface area contributed by atoms with Gasteiger partial charge in [-0.2, -0.15) is 0 Å². The lowest BCUT2D eigenvalue weighted by Gasteiger charge is -2.07. The van der Waals surface area contributed by atoms with Crippen molar-refractivity contribution >= 4 is 33.0 Å². The molecule has 2 heteroatoms. The standard InChI is InChI=1S/C21H15NO/c1-2-8-15(9-3-1)14-22-18-12-6-4-10-16(18)21-20(22)17-11-5-7-13-19(17)23-21/h1-13H,14H2. The van der Waals surface area contributed by atoms with Gasteiger partial charge in [0.1, 0.15) is 5.58 Å². The lowest BCUT2D eigenvalue weighted by atomic mass is 10.2. The number of nitrogens with zero attached hydrogens (tertiary/aromatic N) is 1. The Kier molecular flexibility index (Phi) is 2.59. The minimum atomic E-state index is 0.842. The Balaban J connectivity index is 1.90. The maximum Gasteiger partial charge on any atom is 0.161 e. The van der Waals surface area contributed by atoms with Crippen LogP contribution in [-0.2, 0) is 6.54 Å². The monoisotopic (exact) mass is 297 g/mol. The number of aromatic nitrogens is 1. The van der Waals surface area contributed by atoms with E-state index in [2.05, 4.69) is 71.3 Å². The van der Waals surface area contributed by atoms with Gasteiger partial charge < -0.3 is 8.98 Å². The van der Waals surface area contributed by atoms with Gasteiger partial charge >= 0.3 is 0 Å². The first-order chi connectivity index (χ1) is 11.4. The number of furan rings is 1. The van der Waals surface area contributed by atoms with Gasteiger partial charge in [-0.05, 0) is 29.8 Å². The average Bonchev–Trinajstić information content (AvgIpc) is 3.12. The van der Waals surface area contributed by atoms with E-state index in [1.807, 2.05) is 12.1 Å². The summed E-state index contributed by atoms with van der Waals surface area (Å²) in [6.45, 7) is 0.842. The molecule has 2 nitrogen and oxygen atoms in total. The number of rotatable bonds is 2. The molecule has 110 valence electrons. The van der Waals surface area contributed by atoms with Gasteiger partial charge in [0.25, 0.3) is 0 Å². The summed E-state index contributed by atoms with van der Waals surface area (Å²) in [5.74, 6) is 0. The molecule has 0 N–H and O–H groups in total.